The number of methoxy groups -OCH3 is 1. The van der Waals surface area contributed by atoms with Crippen molar-refractivity contribution in [2.75, 3.05) is 27.4 Å². The molecule has 0 unspecified atom stereocenters. The molecule has 0 fully saturated rings. The average molecular weight is 287 g/mol. The first-order chi connectivity index (χ1) is 8.99. The van der Waals surface area contributed by atoms with Gasteiger partial charge in [0.25, 0.3) is 0 Å². The van der Waals surface area contributed by atoms with Gasteiger partial charge < -0.3 is 14.2 Å². The van der Waals surface area contributed by atoms with Gasteiger partial charge in [-0.25, -0.2) is 17.9 Å². The smallest absolute Gasteiger partial charge is 0.341 e. The molecule has 0 radical (unpaired) electrons. The summed E-state index contributed by atoms with van der Waals surface area (Å²) in [6, 6.07) is 2.51. The van der Waals surface area contributed by atoms with E-state index >= 15 is 0 Å². The summed E-state index contributed by atoms with van der Waals surface area (Å²) in [5.74, 6) is -0.272. The summed E-state index contributed by atoms with van der Waals surface area (Å²) in [4.78, 5) is 11.6. The Morgan fingerprint density at radius 2 is 2.00 bits per heavy atom. The van der Waals surface area contributed by atoms with Gasteiger partial charge in [0.05, 0.1) is 12.0 Å². The molecule has 7 nitrogen and oxygen atoms in total. The van der Waals surface area contributed by atoms with Crippen molar-refractivity contribution in [2.45, 2.75) is 4.90 Å². The second-order valence-corrected chi connectivity index (χ2v) is 5.58. The largest absolute Gasteiger partial charge is 0.486 e. The number of nitrogens with one attached hydrogen (secondary N) is 1. The molecule has 0 bridgehead atoms. The standard InChI is InChI=1S/C11H13NO6S/c1-12-19(14,15)7-5-8(11(13)16-2)10-9(6-7)17-3-4-18-10/h5-6,12H,3-4H2,1-2H3. The predicted octanol–water partition coefficient (Wildman–Crippen LogP) is 0.152. The number of carbonyl (C=O) groups is 1. The van der Waals surface area contributed by atoms with Crippen LogP contribution in [0, 0.1) is 0 Å². The number of carbonyl (C=O) groups excluding carboxylic acids is 1. The Morgan fingerprint density at radius 3 is 2.63 bits per heavy atom. The van der Waals surface area contributed by atoms with E-state index in [0.717, 1.165) is 0 Å². The van der Waals surface area contributed by atoms with Gasteiger partial charge in [0.2, 0.25) is 10.0 Å². The molecule has 1 heterocycles. The van der Waals surface area contributed by atoms with Gasteiger partial charge in [0.15, 0.2) is 11.5 Å². The fraction of sp³-hybridized carbons (Fsp3) is 0.364. The Hall–Kier alpha value is -1.80. The number of sulfonamides is 1. The van der Waals surface area contributed by atoms with E-state index in [-0.39, 0.29) is 35.2 Å². The highest BCUT2D eigenvalue weighted by atomic mass is 32.2. The number of ether oxygens (including phenoxy) is 3. The average Bonchev–Trinajstić information content (AvgIpc) is 2.45. The zero-order chi connectivity index (χ0) is 14.0. The van der Waals surface area contributed by atoms with Gasteiger partial charge in [0.1, 0.15) is 18.8 Å². The van der Waals surface area contributed by atoms with Crippen LogP contribution >= 0.6 is 0 Å². The molecular formula is C11H13NO6S. The molecule has 1 N–H and O–H groups in total. The molecule has 1 aromatic carbocycles. The Labute approximate surface area is 110 Å². The molecule has 0 spiro atoms. The lowest BCUT2D eigenvalue weighted by Crippen LogP contribution is -2.22. The van der Waals surface area contributed by atoms with Crippen LogP contribution in [0.4, 0.5) is 0 Å². The first kappa shape index (κ1) is 13.6. The van der Waals surface area contributed by atoms with E-state index in [1.54, 1.807) is 0 Å². The van der Waals surface area contributed by atoms with Gasteiger partial charge in [-0.1, -0.05) is 0 Å². The topological polar surface area (TPSA) is 90.9 Å². The fourth-order valence-corrected chi connectivity index (χ4v) is 2.43. The van der Waals surface area contributed by atoms with Crippen LogP contribution in [-0.4, -0.2) is 41.8 Å². The van der Waals surface area contributed by atoms with Gasteiger partial charge in [-0.05, 0) is 13.1 Å². The molecule has 0 atom stereocenters. The summed E-state index contributed by atoms with van der Waals surface area (Å²) in [5, 5.41) is 0. The van der Waals surface area contributed by atoms with Gasteiger partial charge in [-0.3, -0.25) is 0 Å². The molecule has 0 amide bonds. The minimum Gasteiger partial charge on any atom is -0.486 e. The van der Waals surface area contributed by atoms with Gasteiger partial charge in [0, 0.05) is 6.07 Å². The van der Waals surface area contributed by atoms with E-state index in [4.69, 9.17) is 9.47 Å². The van der Waals surface area contributed by atoms with Crippen molar-refractivity contribution in [3.05, 3.63) is 17.7 Å². The molecule has 2 rings (SSSR count). The first-order valence-electron chi connectivity index (χ1n) is 5.45. The summed E-state index contributed by atoms with van der Waals surface area (Å²) < 4.78 is 41.0. The van der Waals surface area contributed by atoms with Crippen LogP contribution in [0.15, 0.2) is 17.0 Å². The number of fused-ring (bicyclic) bond motifs is 1. The zero-order valence-electron chi connectivity index (χ0n) is 10.4. The Bertz CT molecular complexity index is 610. The van der Waals surface area contributed by atoms with Crippen molar-refractivity contribution in [1.29, 1.82) is 0 Å². The van der Waals surface area contributed by atoms with Gasteiger partial charge in [-0.15, -0.1) is 0 Å². The first-order valence-corrected chi connectivity index (χ1v) is 6.93. The van der Waals surface area contributed by atoms with E-state index in [1.165, 1.54) is 26.3 Å². The molecule has 104 valence electrons. The van der Waals surface area contributed by atoms with Crippen molar-refractivity contribution in [1.82, 2.24) is 4.72 Å². The third kappa shape index (κ3) is 2.49. The summed E-state index contributed by atoms with van der Waals surface area (Å²) in [5.41, 5.74) is 0.0218. The number of hydrogen-bond donors (Lipinski definition) is 1. The van der Waals surface area contributed by atoms with Crippen LogP contribution in [-0.2, 0) is 14.8 Å². The summed E-state index contributed by atoms with van der Waals surface area (Å²) in [6.45, 7) is 0.575. The summed E-state index contributed by atoms with van der Waals surface area (Å²) in [7, 11) is -1.20. The van der Waals surface area contributed by atoms with E-state index in [0.29, 0.717) is 0 Å². The maximum Gasteiger partial charge on any atom is 0.341 e. The van der Waals surface area contributed by atoms with Crippen molar-refractivity contribution in [2.24, 2.45) is 0 Å². The molecule has 0 saturated carbocycles. The van der Waals surface area contributed by atoms with Crippen LogP contribution in [0.5, 0.6) is 11.5 Å². The van der Waals surface area contributed by atoms with Gasteiger partial charge in [-0.2, -0.15) is 0 Å². The monoisotopic (exact) mass is 287 g/mol. The lowest BCUT2D eigenvalue weighted by molar-refractivity contribution is 0.0590. The van der Waals surface area contributed by atoms with E-state index < -0.39 is 16.0 Å². The van der Waals surface area contributed by atoms with Crippen molar-refractivity contribution in [3.63, 3.8) is 0 Å². The maximum absolute atomic E-state index is 11.8. The van der Waals surface area contributed by atoms with Crippen molar-refractivity contribution < 1.29 is 27.4 Å². The lowest BCUT2D eigenvalue weighted by Gasteiger charge is -2.21. The maximum atomic E-state index is 11.8. The Balaban J connectivity index is 2.64. The van der Waals surface area contributed by atoms with Crippen molar-refractivity contribution >= 4 is 16.0 Å². The number of rotatable bonds is 3. The highest BCUT2D eigenvalue weighted by molar-refractivity contribution is 7.89. The van der Waals surface area contributed by atoms with E-state index in [9.17, 15) is 13.2 Å². The van der Waals surface area contributed by atoms with Crippen LogP contribution in [0.25, 0.3) is 0 Å². The van der Waals surface area contributed by atoms with Crippen LogP contribution in [0.2, 0.25) is 0 Å². The summed E-state index contributed by atoms with van der Waals surface area (Å²) in [6.07, 6.45) is 0. The Kier molecular flexibility index (Phi) is 3.63. The molecule has 0 saturated heterocycles. The third-order valence-electron chi connectivity index (χ3n) is 2.60. The number of benzene rings is 1. The SMILES string of the molecule is CNS(=O)(=O)c1cc2c(c(C(=O)OC)c1)OCCO2. The minimum absolute atomic E-state index is 0.0218. The molecule has 0 aliphatic carbocycles. The molecule has 1 aliphatic rings. The molecule has 0 aromatic heterocycles. The molecule has 1 aliphatic heterocycles. The Morgan fingerprint density at radius 1 is 1.32 bits per heavy atom. The van der Waals surface area contributed by atoms with E-state index in [2.05, 4.69) is 9.46 Å². The predicted molar refractivity (Wildman–Crippen MR) is 65.0 cm³/mol. The quantitative estimate of drug-likeness (QED) is 0.796. The molecular weight excluding hydrogens is 274 g/mol. The highest BCUT2D eigenvalue weighted by Gasteiger charge is 2.26. The van der Waals surface area contributed by atoms with Crippen LogP contribution in [0.1, 0.15) is 10.4 Å². The number of hydrogen-bond acceptors (Lipinski definition) is 6. The summed E-state index contributed by atoms with van der Waals surface area (Å²) >= 11 is 0. The molecule has 19 heavy (non-hydrogen) atoms. The fourth-order valence-electron chi connectivity index (χ4n) is 1.66. The molecule has 1 aromatic rings. The normalized spacial score (nSPS) is 14.0. The van der Waals surface area contributed by atoms with Crippen LogP contribution in [0.3, 0.4) is 0 Å². The van der Waals surface area contributed by atoms with Crippen LogP contribution < -0.4 is 14.2 Å². The highest BCUT2D eigenvalue weighted by Crippen LogP contribution is 2.36. The molecule has 8 heteroatoms. The van der Waals surface area contributed by atoms with Crippen molar-refractivity contribution in [3.8, 4) is 11.5 Å². The van der Waals surface area contributed by atoms with E-state index in [1.807, 2.05) is 0 Å². The zero-order valence-corrected chi connectivity index (χ0v) is 11.2. The third-order valence-corrected chi connectivity index (χ3v) is 3.99. The number of esters is 1. The lowest BCUT2D eigenvalue weighted by atomic mass is 10.2. The minimum atomic E-state index is -3.69. The second-order valence-electron chi connectivity index (χ2n) is 3.69. The van der Waals surface area contributed by atoms with Gasteiger partial charge >= 0.3 is 5.97 Å². The second kappa shape index (κ2) is 5.06.